The quantitative estimate of drug-likeness (QED) is 0.662. The van der Waals surface area contributed by atoms with Gasteiger partial charge in [0.2, 0.25) is 5.91 Å². The lowest BCUT2D eigenvalue weighted by Crippen LogP contribution is -2.53. The maximum Gasteiger partial charge on any atom is 0.408 e. The Hall–Kier alpha value is -1.79. The third kappa shape index (κ3) is 7.60. The number of hydrogen-bond donors (Lipinski definition) is 3. The Kier molecular flexibility index (Phi) is 5.99. The van der Waals surface area contributed by atoms with Crippen LogP contribution in [0.3, 0.4) is 0 Å². The number of hydrazine groups is 1. The molecule has 1 unspecified atom stereocenters. The van der Waals surface area contributed by atoms with Crippen LogP contribution in [-0.2, 0) is 14.3 Å². The Morgan fingerprint density at radius 1 is 0.950 bits per heavy atom. The van der Waals surface area contributed by atoms with Crippen molar-refractivity contribution in [2.45, 2.75) is 60.1 Å². The summed E-state index contributed by atoms with van der Waals surface area (Å²) in [6.45, 7) is 11.8. The molecule has 1 atom stereocenters. The van der Waals surface area contributed by atoms with Crippen LogP contribution in [0.5, 0.6) is 0 Å². The summed E-state index contributed by atoms with van der Waals surface area (Å²) in [5.41, 5.74) is 3.29. The monoisotopic (exact) mass is 287 g/mol. The van der Waals surface area contributed by atoms with Gasteiger partial charge in [-0.05, 0) is 27.7 Å². The molecule has 20 heavy (non-hydrogen) atoms. The Morgan fingerprint density at radius 3 is 1.85 bits per heavy atom. The zero-order valence-corrected chi connectivity index (χ0v) is 13.2. The van der Waals surface area contributed by atoms with Crippen molar-refractivity contribution in [2.24, 2.45) is 5.41 Å². The molecule has 0 spiro atoms. The van der Waals surface area contributed by atoms with E-state index >= 15 is 0 Å². The summed E-state index contributed by atoms with van der Waals surface area (Å²) in [6.07, 6.45) is -0.692. The minimum absolute atomic E-state index is 0.324. The lowest BCUT2D eigenvalue weighted by Gasteiger charge is -2.22. The van der Waals surface area contributed by atoms with Gasteiger partial charge in [0.1, 0.15) is 11.6 Å². The van der Waals surface area contributed by atoms with Gasteiger partial charge in [-0.25, -0.2) is 4.79 Å². The first-order valence-electron chi connectivity index (χ1n) is 6.43. The molecule has 3 N–H and O–H groups in total. The zero-order chi connectivity index (χ0) is 16.1. The van der Waals surface area contributed by atoms with E-state index in [4.69, 9.17) is 4.74 Å². The van der Waals surface area contributed by atoms with Gasteiger partial charge in [0.15, 0.2) is 0 Å². The van der Waals surface area contributed by atoms with Gasteiger partial charge in [0.25, 0.3) is 5.91 Å². The fourth-order valence-electron chi connectivity index (χ4n) is 0.964. The van der Waals surface area contributed by atoms with Gasteiger partial charge in [0, 0.05) is 5.41 Å². The van der Waals surface area contributed by atoms with Crippen molar-refractivity contribution in [3.8, 4) is 0 Å². The van der Waals surface area contributed by atoms with E-state index in [-0.39, 0.29) is 5.91 Å². The number of ether oxygens (including phenoxy) is 1. The number of nitrogens with one attached hydrogen (secondary N) is 3. The Bertz CT molecular complexity index is 380. The predicted molar refractivity (Wildman–Crippen MR) is 74.6 cm³/mol. The standard InChI is InChI=1S/C13H25N3O4/c1-8(14-11(19)20-13(5,6)7)9(17)15-16-10(18)12(2,3)4/h8H,1-7H3,(H,14,19)(H,15,17)(H,16,18). The van der Waals surface area contributed by atoms with E-state index < -0.39 is 29.1 Å². The highest BCUT2D eigenvalue weighted by Gasteiger charge is 2.24. The van der Waals surface area contributed by atoms with Crippen LogP contribution in [0.25, 0.3) is 0 Å². The largest absolute Gasteiger partial charge is 0.444 e. The molecule has 7 heteroatoms. The van der Waals surface area contributed by atoms with Crippen LogP contribution < -0.4 is 16.2 Å². The normalized spacial score (nSPS) is 13.2. The van der Waals surface area contributed by atoms with Crippen LogP contribution >= 0.6 is 0 Å². The maximum absolute atomic E-state index is 11.7. The summed E-state index contributed by atoms with van der Waals surface area (Å²) in [7, 11) is 0. The summed E-state index contributed by atoms with van der Waals surface area (Å²) >= 11 is 0. The van der Waals surface area contributed by atoms with Gasteiger partial charge >= 0.3 is 6.09 Å². The highest BCUT2D eigenvalue weighted by Crippen LogP contribution is 2.11. The van der Waals surface area contributed by atoms with Gasteiger partial charge in [-0.15, -0.1) is 0 Å². The smallest absolute Gasteiger partial charge is 0.408 e. The molecule has 0 aromatic rings. The summed E-state index contributed by atoms with van der Waals surface area (Å²) in [6, 6.07) is -0.829. The van der Waals surface area contributed by atoms with E-state index in [0.29, 0.717) is 0 Å². The summed E-state index contributed by atoms with van der Waals surface area (Å²) < 4.78 is 5.02. The van der Waals surface area contributed by atoms with E-state index in [0.717, 1.165) is 0 Å². The lowest BCUT2D eigenvalue weighted by atomic mass is 9.96. The number of amides is 3. The molecule has 3 amide bonds. The van der Waals surface area contributed by atoms with Gasteiger partial charge < -0.3 is 10.1 Å². The second-order valence-corrected chi connectivity index (χ2v) is 6.56. The van der Waals surface area contributed by atoms with E-state index in [1.54, 1.807) is 41.5 Å². The van der Waals surface area contributed by atoms with Crippen molar-refractivity contribution in [3.63, 3.8) is 0 Å². The summed E-state index contributed by atoms with van der Waals surface area (Å²) in [5.74, 6) is -0.858. The fourth-order valence-corrected chi connectivity index (χ4v) is 0.964. The summed E-state index contributed by atoms with van der Waals surface area (Å²) in [4.78, 5) is 34.7. The van der Waals surface area contributed by atoms with Crippen LogP contribution in [0.4, 0.5) is 4.79 Å². The minimum atomic E-state index is -0.829. The molecule has 0 rings (SSSR count). The molecule has 0 aliphatic rings. The molecule has 0 saturated carbocycles. The Morgan fingerprint density at radius 2 is 1.45 bits per heavy atom. The first-order chi connectivity index (χ1) is 8.83. The van der Waals surface area contributed by atoms with E-state index in [1.807, 2.05) is 0 Å². The Labute approximate surface area is 119 Å². The molecule has 0 aromatic heterocycles. The highest BCUT2D eigenvalue weighted by atomic mass is 16.6. The number of carbonyl (C=O) groups excluding carboxylic acids is 3. The maximum atomic E-state index is 11.7. The van der Waals surface area contributed by atoms with Crippen LogP contribution in [0.2, 0.25) is 0 Å². The van der Waals surface area contributed by atoms with Crippen LogP contribution in [-0.4, -0.2) is 29.6 Å². The average Bonchev–Trinajstić information content (AvgIpc) is 2.20. The molecule has 0 fully saturated rings. The van der Waals surface area contributed by atoms with Crippen molar-refractivity contribution in [1.29, 1.82) is 0 Å². The van der Waals surface area contributed by atoms with Crippen molar-refractivity contribution < 1.29 is 19.1 Å². The highest BCUT2D eigenvalue weighted by molar-refractivity contribution is 5.88. The molecule has 0 aliphatic heterocycles. The Balaban J connectivity index is 4.24. The van der Waals surface area contributed by atoms with Gasteiger partial charge in [-0.2, -0.15) is 0 Å². The average molecular weight is 287 g/mol. The van der Waals surface area contributed by atoms with Crippen molar-refractivity contribution in [3.05, 3.63) is 0 Å². The van der Waals surface area contributed by atoms with Crippen molar-refractivity contribution in [2.75, 3.05) is 0 Å². The molecule has 0 bridgehead atoms. The van der Waals surface area contributed by atoms with Crippen molar-refractivity contribution >= 4 is 17.9 Å². The number of carbonyl (C=O) groups is 3. The van der Waals surface area contributed by atoms with E-state index in [2.05, 4.69) is 16.2 Å². The number of hydrogen-bond acceptors (Lipinski definition) is 4. The number of rotatable bonds is 2. The first-order valence-corrected chi connectivity index (χ1v) is 6.43. The predicted octanol–water partition coefficient (Wildman–Crippen LogP) is 1.09. The second kappa shape index (κ2) is 6.58. The molecule has 116 valence electrons. The fraction of sp³-hybridized carbons (Fsp3) is 0.769. The van der Waals surface area contributed by atoms with Gasteiger partial charge in [0.05, 0.1) is 0 Å². The van der Waals surface area contributed by atoms with Crippen molar-refractivity contribution in [1.82, 2.24) is 16.2 Å². The third-order valence-corrected chi connectivity index (χ3v) is 2.11. The van der Waals surface area contributed by atoms with Crippen LogP contribution in [0, 0.1) is 5.41 Å². The number of alkyl carbamates (subject to hydrolysis) is 1. The molecule has 0 aromatic carbocycles. The lowest BCUT2D eigenvalue weighted by molar-refractivity contribution is -0.134. The second-order valence-electron chi connectivity index (χ2n) is 6.56. The molecular weight excluding hydrogens is 262 g/mol. The SMILES string of the molecule is CC(NC(=O)OC(C)(C)C)C(=O)NNC(=O)C(C)(C)C. The minimum Gasteiger partial charge on any atom is -0.444 e. The zero-order valence-electron chi connectivity index (χ0n) is 13.2. The summed E-state index contributed by atoms with van der Waals surface area (Å²) in [5, 5.41) is 2.37. The molecule has 0 saturated heterocycles. The molecule has 0 aliphatic carbocycles. The van der Waals surface area contributed by atoms with Gasteiger partial charge in [-0.3, -0.25) is 20.4 Å². The van der Waals surface area contributed by atoms with E-state index in [1.165, 1.54) is 6.92 Å². The van der Waals surface area contributed by atoms with Gasteiger partial charge in [-0.1, -0.05) is 20.8 Å². The first kappa shape index (κ1) is 18.2. The molecule has 7 nitrogen and oxygen atoms in total. The van der Waals surface area contributed by atoms with Crippen LogP contribution in [0.15, 0.2) is 0 Å². The third-order valence-electron chi connectivity index (χ3n) is 2.11. The van der Waals surface area contributed by atoms with Crippen LogP contribution in [0.1, 0.15) is 48.5 Å². The molecule has 0 heterocycles. The molecule has 0 radical (unpaired) electrons. The topological polar surface area (TPSA) is 96.5 Å². The van der Waals surface area contributed by atoms with E-state index in [9.17, 15) is 14.4 Å². The molecular formula is C13H25N3O4.